The predicted molar refractivity (Wildman–Crippen MR) is 113 cm³/mol. The minimum absolute atomic E-state index is 0.0741. The fraction of sp³-hybridized carbons (Fsp3) is 0.435. The zero-order valence-electron chi connectivity index (χ0n) is 17.2. The van der Waals surface area contributed by atoms with Gasteiger partial charge in [-0.05, 0) is 38.0 Å². The van der Waals surface area contributed by atoms with Gasteiger partial charge in [-0.3, -0.25) is 4.79 Å². The van der Waals surface area contributed by atoms with Crippen molar-refractivity contribution >= 4 is 15.9 Å². The number of hydrogen-bond donors (Lipinski definition) is 0. The van der Waals surface area contributed by atoms with Crippen LogP contribution in [0.1, 0.15) is 36.0 Å². The lowest BCUT2D eigenvalue weighted by Gasteiger charge is -2.38. The van der Waals surface area contributed by atoms with Gasteiger partial charge in [0.15, 0.2) is 0 Å². The minimum atomic E-state index is -3.54. The quantitative estimate of drug-likeness (QED) is 0.777. The summed E-state index contributed by atoms with van der Waals surface area (Å²) in [7, 11) is -3.54. The molecule has 5 nitrogen and oxygen atoms in total. The predicted octanol–water partition coefficient (Wildman–Crippen LogP) is 3.33. The smallest absolute Gasteiger partial charge is 0.243 e. The Hall–Kier alpha value is -2.18. The van der Waals surface area contributed by atoms with Crippen LogP contribution in [-0.2, 0) is 14.8 Å². The van der Waals surface area contributed by atoms with Crippen molar-refractivity contribution in [2.24, 2.45) is 5.92 Å². The number of rotatable bonds is 3. The number of likely N-dealkylation sites (tertiary alicyclic amines) is 1. The Morgan fingerprint density at radius 3 is 2.38 bits per heavy atom. The summed E-state index contributed by atoms with van der Waals surface area (Å²) in [6.45, 7) is 7.18. The standard InChI is InChI=1S/C23H28N2O3S/c1-16-7-9-20(10-8-16)29(27,28)24-12-11-23-22(14-24)21(15-25(23)18(3)26)19-6-4-5-17(2)13-19/h4-10,13,21-23H,11-12,14-15H2,1-3H3/t21-,22-,23-/m0/s1. The third-order valence-electron chi connectivity index (χ3n) is 6.43. The van der Waals surface area contributed by atoms with Crippen LogP contribution in [0.15, 0.2) is 53.4 Å². The van der Waals surface area contributed by atoms with Gasteiger partial charge in [-0.2, -0.15) is 4.31 Å². The van der Waals surface area contributed by atoms with Crippen molar-refractivity contribution in [3.8, 4) is 0 Å². The number of amides is 1. The number of piperidine rings is 1. The molecule has 2 heterocycles. The fourth-order valence-corrected chi connectivity index (χ4v) is 6.39. The minimum Gasteiger partial charge on any atom is -0.339 e. The molecule has 6 heteroatoms. The van der Waals surface area contributed by atoms with Crippen molar-refractivity contribution in [3.05, 3.63) is 65.2 Å². The molecule has 29 heavy (non-hydrogen) atoms. The number of aryl methyl sites for hydroxylation is 2. The summed E-state index contributed by atoms with van der Waals surface area (Å²) >= 11 is 0. The molecule has 0 bridgehead atoms. The number of hydrogen-bond acceptors (Lipinski definition) is 3. The van der Waals surface area contributed by atoms with E-state index in [4.69, 9.17) is 0 Å². The summed E-state index contributed by atoms with van der Waals surface area (Å²) < 4.78 is 28.1. The zero-order valence-corrected chi connectivity index (χ0v) is 18.0. The average Bonchev–Trinajstić information content (AvgIpc) is 3.07. The summed E-state index contributed by atoms with van der Waals surface area (Å²) in [5, 5.41) is 0. The van der Waals surface area contributed by atoms with Gasteiger partial charge in [0, 0.05) is 44.4 Å². The van der Waals surface area contributed by atoms with Gasteiger partial charge in [-0.25, -0.2) is 8.42 Å². The average molecular weight is 413 g/mol. The first-order valence-electron chi connectivity index (χ1n) is 10.2. The number of fused-ring (bicyclic) bond motifs is 1. The lowest BCUT2D eigenvalue weighted by molar-refractivity contribution is -0.130. The first-order valence-corrected chi connectivity index (χ1v) is 11.6. The molecule has 0 spiro atoms. The van der Waals surface area contributed by atoms with E-state index in [9.17, 15) is 13.2 Å². The van der Waals surface area contributed by atoms with Crippen LogP contribution in [0.4, 0.5) is 0 Å². The zero-order chi connectivity index (χ0) is 20.8. The van der Waals surface area contributed by atoms with E-state index >= 15 is 0 Å². The molecule has 2 saturated heterocycles. The summed E-state index contributed by atoms with van der Waals surface area (Å²) in [4.78, 5) is 14.6. The van der Waals surface area contributed by atoms with Crippen molar-refractivity contribution in [2.75, 3.05) is 19.6 Å². The number of nitrogens with zero attached hydrogens (tertiary/aromatic N) is 2. The highest BCUT2D eigenvalue weighted by molar-refractivity contribution is 7.89. The van der Waals surface area contributed by atoms with Gasteiger partial charge in [-0.15, -0.1) is 0 Å². The third-order valence-corrected chi connectivity index (χ3v) is 8.31. The maximum absolute atomic E-state index is 13.2. The number of carbonyl (C=O) groups excluding carboxylic acids is 1. The van der Waals surface area contributed by atoms with Crippen molar-refractivity contribution in [1.82, 2.24) is 9.21 Å². The number of benzene rings is 2. The lowest BCUT2D eigenvalue weighted by Crippen LogP contribution is -2.49. The molecule has 2 aromatic carbocycles. The molecule has 2 aliphatic heterocycles. The summed E-state index contributed by atoms with van der Waals surface area (Å²) in [5.41, 5.74) is 3.41. The van der Waals surface area contributed by atoms with E-state index in [-0.39, 0.29) is 23.8 Å². The van der Waals surface area contributed by atoms with Crippen molar-refractivity contribution in [2.45, 2.75) is 44.0 Å². The third kappa shape index (κ3) is 3.71. The van der Waals surface area contributed by atoms with Gasteiger partial charge < -0.3 is 4.90 Å². The van der Waals surface area contributed by atoms with Crippen LogP contribution in [0.2, 0.25) is 0 Å². The van der Waals surface area contributed by atoms with E-state index in [0.717, 1.165) is 5.56 Å². The molecule has 4 rings (SSSR count). The first-order chi connectivity index (χ1) is 13.8. The molecule has 1 amide bonds. The largest absolute Gasteiger partial charge is 0.339 e. The molecule has 2 aromatic rings. The van der Waals surface area contributed by atoms with Crippen LogP contribution in [0.5, 0.6) is 0 Å². The Kier molecular flexibility index (Phi) is 5.25. The molecular formula is C23H28N2O3S. The van der Waals surface area contributed by atoms with E-state index in [1.807, 2.05) is 30.0 Å². The maximum atomic E-state index is 13.2. The van der Waals surface area contributed by atoms with Gasteiger partial charge in [0.05, 0.1) is 4.90 Å². The Morgan fingerprint density at radius 2 is 1.72 bits per heavy atom. The Balaban J connectivity index is 1.65. The van der Waals surface area contributed by atoms with Crippen LogP contribution in [0.25, 0.3) is 0 Å². The second-order valence-electron chi connectivity index (χ2n) is 8.39. The van der Waals surface area contributed by atoms with E-state index in [0.29, 0.717) is 31.0 Å². The van der Waals surface area contributed by atoms with Crippen LogP contribution in [0.3, 0.4) is 0 Å². The second-order valence-corrected chi connectivity index (χ2v) is 10.3. The Labute approximate surface area is 173 Å². The van der Waals surface area contributed by atoms with Gasteiger partial charge in [-0.1, -0.05) is 47.5 Å². The fourth-order valence-electron chi connectivity index (χ4n) is 4.90. The Morgan fingerprint density at radius 1 is 1.00 bits per heavy atom. The Bertz CT molecular complexity index is 1020. The topological polar surface area (TPSA) is 57.7 Å². The highest BCUT2D eigenvalue weighted by Gasteiger charge is 2.48. The summed E-state index contributed by atoms with van der Waals surface area (Å²) in [6, 6.07) is 15.5. The molecule has 2 fully saturated rings. The summed E-state index contributed by atoms with van der Waals surface area (Å²) in [6.07, 6.45) is 0.678. The second kappa shape index (κ2) is 7.58. The first kappa shape index (κ1) is 20.1. The molecule has 154 valence electrons. The van der Waals surface area contributed by atoms with E-state index < -0.39 is 10.0 Å². The molecule has 0 radical (unpaired) electrons. The van der Waals surface area contributed by atoms with Crippen LogP contribution < -0.4 is 0 Å². The molecule has 0 saturated carbocycles. The molecular weight excluding hydrogens is 384 g/mol. The summed E-state index contributed by atoms with van der Waals surface area (Å²) in [5.74, 6) is 0.333. The van der Waals surface area contributed by atoms with E-state index in [1.165, 1.54) is 11.1 Å². The molecule has 0 aliphatic carbocycles. The number of carbonyl (C=O) groups is 1. The normalized spacial score (nSPS) is 25.1. The van der Waals surface area contributed by atoms with E-state index in [2.05, 4.69) is 25.1 Å². The maximum Gasteiger partial charge on any atom is 0.243 e. The van der Waals surface area contributed by atoms with Gasteiger partial charge >= 0.3 is 0 Å². The van der Waals surface area contributed by atoms with Crippen molar-refractivity contribution in [1.29, 1.82) is 0 Å². The van der Waals surface area contributed by atoms with Crippen LogP contribution in [0, 0.1) is 19.8 Å². The SMILES string of the molecule is CC(=O)N1C[C@@H](c2cccc(C)c2)[C@@H]2CN(S(=O)(=O)c3ccc(C)cc3)CC[C@@H]21. The van der Waals surface area contributed by atoms with Crippen LogP contribution in [-0.4, -0.2) is 49.2 Å². The highest BCUT2D eigenvalue weighted by Crippen LogP contribution is 2.42. The molecule has 3 atom stereocenters. The lowest BCUT2D eigenvalue weighted by atomic mass is 9.82. The van der Waals surface area contributed by atoms with Crippen molar-refractivity contribution in [3.63, 3.8) is 0 Å². The van der Waals surface area contributed by atoms with Gasteiger partial charge in [0.2, 0.25) is 15.9 Å². The van der Waals surface area contributed by atoms with Crippen LogP contribution >= 0.6 is 0 Å². The monoisotopic (exact) mass is 412 g/mol. The molecule has 0 aromatic heterocycles. The van der Waals surface area contributed by atoms with Crippen molar-refractivity contribution < 1.29 is 13.2 Å². The highest BCUT2D eigenvalue weighted by atomic mass is 32.2. The van der Waals surface area contributed by atoms with E-state index in [1.54, 1.807) is 23.4 Å². The number of sulfonamides is 1. The molecule has 2 aliphatic rings. The van der Waals surface area contributed by atoms with Gasteiger partial charge in [0.25, 0.3) is 0 Å². The molecule has 0 unspecified atom stereocenters. The molecule has 0 N–H and O–H groups in total. The van der Waals surface area contributed by atoms with Gasteiger partial charge in [0.1, 0.15) is 0 Å².